The van der Waals surface area contributed by atoms with Crippen LogP contribution >= 0.6 is 0 Å². The van der Waals surface area contributed by atoms with Gasteiger partial charge in [0.05, 0.1) is 12.7 Å². The highest BCUT2D eigenvalue weighted by Crippen LogP contribution is 2.29. The number of hydrogen-bond donors (Lipinski definition) is 1. The van der Waals surface area contributed by atoms with Crippen molar-refractivity contribution < 1.29 is 27.5 Å². The number of amides is 1. The first-order valence-corrected chi connectivity index (χ1v) is 9.07. The predicted molar refractivity (Wildman–Crippen MR) is 104 cm³/mol. The van der Waals surface area contributed by atoms with Crippen LogP contribution in [0.25, 0.3) is 0 Å². The number of carbonyl (C=O) groups excluding carboxylic acids is 2. The molecule has 2 rings (SSSR count). The van der Waals surface area contributed by atoms with Gasteiger partial charge in [-0.2, -0.15) is 13.2 Å². The van der Waals surface area contributed by atoms with Gasteiger partial charge in [-0.25, -0.2) is 4.79 Å². The Labute approximate surface area is 168 Å². The normalized spacial score (nSPS) is 12.9. The molecule has 0 unspecified atom stereocenters. The number of hydrogen-bond acceptors (Lipinski definition) is 3. The fraction of sp³-hybridized carbons (Fsp3) is 0.364. The lowest BCUT2D eigenvalue weighted by molar-refractivity contribution is -0.142. The molecule has 0 radical (unpaired) electrons. The highest BCUT2D eigenvalue weighted by molar-refractivity contribution is 5.96. The van der Waals surface area contributed by atoms with E-state index in [4.69, 9.17) is 4.74 Å². The lowest BCUT2D eigenvalue weighted by Crippen LogP contribution is -2.43. The van der Waals surface area contributed by atoms with E-state index in [9.17, 15) is 22.8 Å². The fourth-order valence-electron chi connectivity index (χ4n) is 2.76. The topological polar surface area (TPSA) is 55.4 Å². The molecule has 29 heavy (non-hydrogen) atoms. The summed E-state index contributed by atoms with van der Waals surface area (Å²) in [6, 6.07) is 10.5. The Morgan fingerprint density at radius 2 is 1.45 bits per heavy atom. The van der Waals surface area contributed by atoms with Crippen molar-refractivity contribution in [2.45, 2.75) is 44.8 Å². The number of ether oxygens (including phenoxy) is 1. The SMILES string of the molecule is COC(=O)[C@@H](Cc1ccc(C(C)(C)C)cc1)NC(=O)c1ccc(C(F)(F)F)cc1. The molecule has 0 heterocycles. The van der Waals surface area contributed by atoms with Gasteiger partial charge >= 0.3 is 12.1 Å². The quantitative estimate of drug-likeness (QED) is 0.742. The molecule has 0 fully saturated rings. The van der Waals surface area contributed by atoms with Crippen molar-refractivity contribution in [2.24, 2.45) is 0 Å². The molecule has 0 bridgehead atoms. The molecule has 2 aromatic rings. The first-order chi connectivity index (χ1) is 13.4. The van der Waals surface area contributed by atoms with Crippen LogP contribution in [0.3, 0.4) is 0 Å². The van der Waals surface area contributed by atoms with Gasteiger partial charge in [0.15, 0.2) is 0 Å². The van der Waals surface area contributed by atoms with E-state index in [0.29, 0.717) is 0 Å². The average molecular weight is 407 g/mol. The molecule has 1 amide bonds. The van der Waals surface area contributed by atoms with Crippen molar-refractivity contribution in [1.82, 2.24) is 5.32 Å². The van der Waals surface area contributed by atoms with Gasteiger partial charge in [-0.3, -0.25) is 4.79 Å². The minimum Gasteiger partial charge on any atom is -0.467 e. The maximum Gasteiger partial charge on any atom is 0.416 e. The molecule has 1 N–H and O–H groups in total. The molecule has 0 aliphatic heterocycles. The molecular formula is C22H24F3NO3. The van der Waals surface area contributed by atoms with Gasteiger partial charge in [-0.05, 0) is 40.8 Å². The summed E-state index contributed by atoms with van der Waals surface area (Å²) in [5.41, 5.74) is 1.11. The van der Waals surface area contributed by atoms with E-state index in [0.717, 1.165) is 35.4 Å². The fourth-order valence-corrected chi connectivity index (χ4v) is 2.76. The highest BCUT2D eigenvalue weighted by atomic mass is 19.4. The first-order valence-electron chi connectivity index (χ1n) is 9.07. The van der Waals surface area contributed by atoms with E-state index in [1.165, 1.54) is 7.11 Å². The van der Waals surface area contributed by atoms with Gasteiger partial charge in [-0.1, -0.05) is 45.0 Å². The molecule has 0 aliphatic carbocycles. The minimum absolute atomic E-state index is 0.0168. The van der Waals surface area contributed by atoms with Crippen molar-refractivity contribution >= 4 is 11.9 Å². The van der Waals surface area contributed by atoms with Crippen molar-refractivity contribution in [3.63, 3.8) is 0 Å². The maximum atomic E-state index is 12.7. The third-order valence-electron chi connectivity index (χ3n) is 4.53. The molecule has 0 aliphatic rings. The minimum atomic E-state index is -4.48. The molecule has 1 atom stereocenters. The molecule has 4 nitrogen and oxygen atoms in total. The Hall–Kier alpha value is -2.83. The second-order valence-electron chi connectivity index (χ2n) is 7.78. The van der Waals surface area contributed by atoms with Gasteiger partial charge in [-0.15, -0.1) is 0 Å². The third-order valence-corrected chi connectivity index (χ3v) is 4.53. The number of carbonyl (C=O) groups is 2. The number of benzene rings is 2. The van der Waals surface area contributed by atoms with Crippen LogP contribution in [0.5, 0.6) is 0 Å². The Morgan fingerprint density at radius 3 is 1.90 bits per heavy atom. The van der Waals surface area contributed by atoms with E-state index in [-0.39, 0.29) is 17.4 Å². The van der Waals surface area contributed by atoms with Gasteiger partial charge in [0, 0.05) is 12.0 Å². The molecule has 0 saturated carbocycles. The number of methoxy groups -OCH3 is 1. The van der Waals surface area contributed by atoms with Crippen LogP contribution in [0.15, 0.2) is 48.5 Å². The summed E-state index contributed by atoms with van der Waals surface area (Å²) in [6.07, 6.45) is -4.29. The zero-order chi connectivity index (χ0) is 21.8. The largest absolute Gasteiger partial charge is 0.467 e. The van der Waals surface area contributed by atoms with E-state index in [1.54, 1.807) is 0 Å². The Bertz CT molecular complexity index is 851. The van der Waals surface area contributed by atoms with Crippen LogP contribution in [0.2, 0.25) is 0 Å². The summed E-state index contributed by atoms with van der Waals surface area (Å²) >= 11 is 0. The van der Waals surface area contributed by atoms with Crippen molar-refractivity contribution in [1.29, 1.82) is 0 Å². The number of esters is 1. The summed E-state index contributed by atoms with van der Waals surface area (Å²) in [5, 5.41) is 2.54. The summed E-state index contributed by atoms with van der Waals surface area (Å²) in [6.45, 7) is 6.26. The highest BCUT2D eigenvalue weighted by Gasteiger charge is 2.30. The van der Waals surface area contributed by atoms with Gasteiger partial charge < -0.3 is 10.1 Å². The summed E-state index contributed by atoms with van der Waals surface area (Å²) in [5.74, 6) is -1.29. The van der Waals surface area contributed by atoms with E-state index < -0.39 is 29.7 Å². The van der Waals surface area contributed by atoms with Crippen molar-refractivity contribution in [3.8, 4) is 0 Å². The Balaban J connectivity index is 2.14. The van der Waals surface area contributed by atoms with Gasteiger partial charge in [0.2, 0.25) is 0 Å². The molecule has 156 valence electrons. The number of rotatable bonds is 5. The molecule has 7 heteroatoms. The lowest BCUT2D eigenvalue weighted by atomic mass is 9.86. The Morgan fingerprint density at radius 1 is 0.931 bits per heavy atom. The standard InChI is InChI=1S/C22H24F3NO3/c1-21(2,3)16-9-5-14(6-10-16)13-18(20(28)29-4)26-19(27)15-7-11-17(12-8-15)22(23,24)25/h5-12,18H,13H2,1-4H3,(H,26,27)/t18-/m1/s1. The van der Waals surface area contributed by atoms with Crippen LogP contribution in [-0.2, 0) is 27.5 Å². The third kappa shape index (κ3) is 6.07. The molecule has 0 saturated heterocycles. The molecule has 0 spiro atoms. The van der Waals surface area contributed by atoms with Crippen LogP contribution in [-0.4, -0.2) is 25.0 Å². The van der Waals surface area contributed by atoms with Crippen LogP contribution in [0, 0.1) is 0 Å². The van der Waals surface area contributed by atoms with E-state index in [2.05, 4.69) is 26.1 Å². The number of halogens is 3. The smallest absolute Gasteiger partial charge is 0.416 e. The molecular weight excluding hydrogens is 383 g/mol. The zero-order valence-electron chi connectivity index (χ0n) is 16.8. The average Bonchev–Trinajstić information content (AvgIpc) is 2.66. The van der Waals surface area contributed by atoms with Crippen LogP contribution < -0.4 is 5.32 Å². The molecule has 2 aromatic carbocycles. The van der Waals surface area contributed by atoms with Crippen molar-refractivity contribution in [3.05, 3.63) is 70.8 Å². The second-order valence-corrected chi connectivity index (χ2v) is 7.78. The summed E-state index contributed by atoms with van der Waals surface area (Å²) < 4.78 is 42.8. The van der Waals surface area contributed by atoms with Crippen molar-refractivity contribution in [2.75, 3.05) is 7.11 Å². The number of alkyl halides is 3. The number of nitrogens with one attached hydrogen (secondary N) is 1. The first kappa shape index (κ1) is 22.5. The van der Waals surface area contributed by atoms with Gasteiger partial charge in [0.25, 0.3) is 5.91 Å². The van der Waals surface area contributed by atoms with Crippen LogP contribution in [0.4, 0.5) is 13.2 Å². The summed E-state index contributed by atoms with van der Waals surface area (Å²) in [7, 11) is 1.21. The molecule has 0 aromatic heterocycles. The Kier molecular flexibility index (Phi) is 6.72. The summed E-state index contributed by atoms with van der Waals surface area (Å²) in [4.78, 5) is 24.5. The second kappa shape index (κ2) is 8.68. The van der Waals surface area contributed by atoms with E-state index in [1.807, 2.05) is 24.3 Å². The van der Waals surface area contributed by atoms with Gasteiger partial charge in [0.1, 0.15) is 6.04 Å². The monoisotopic (exact) mass is 407 g/mol. The van der Waals surface area contributed by atoms with Crippen LogP contribution in [0.1, 0.15) is 47.8 Å². The lowest BCUT2D eigenvalue weighted by Gasteiger charge is -2.20. The predicted octanol–water partition coefficient (Wildman–Crippen LogP) is 4.52. The van der Waals surface area contributed by atoms with E-state index >= 15 is 0 Å². The maximum absolute atomic E-state index is 12.7. The zero-order valence-corrected chi connectivity index (χ0v) is 16.8.